The van der Waals surface area contributed by atoms with Crippen molar-refractivity contribution in [3.05, 3.63) is 58.7 Å². The molecule has 0 radical (unpaired) electrons. The lowest BCUT2D eigenvalue weighted by Gasteiger charge is -2.16. The summed E-state index contributed by atoms with van der Waals surface area (Å²) in [5.41, 5.74) is 4.75. The van der Waals surface area contributed by atoms with Crippen LogP contribution in [-0.2, 0) is 0 Å². The zero-order chi connectivity index (χ0) is 19.3. The maximum absolute atomic E-state index is 12.6. The molecule has 0 aliphatic rings. The van der Waals surface area contributed by atoms with Crippen LogP contribution in [0.4, 0.5) is 5.69 Å². The molecule has 0 saturated carbocycles. The van der Waals surface area contributed by atoms with E-state index in [9.17, 15) is 4.79 Å². The van der Waals surface area contributed by atoms with Gasteiger partial charge in [-0.05, 0) is 62.2 Å². The third kappa shape index (κ3) is 5.30. The summed E-state index contributed by atoms with van der Waals surface area (Å²) in [7, 11) is 0. The Labute approximate surface area is 161 Å². The predicted octanol–water partition coefficient (Wildman–Crippen LogP) is 4.77. The molecule has 2 rings (SSSR count). The van der Waals surface area contributed by atoms with Crippen molar-refractivity contribution in [2.45, 2.75) is 34.6 Å². The monoisotopic (exact) mass is 370 g/mol. The van der Waals surface area contributed by atoms with Crippen LogP contribution in [0.2, 0.25) is 0 Å². The van der Waals surface area contributed by atoms with E-state index >= 15 is 0 Å². The van der Waals surface area contributed by atoms with Crippen molar-refractivity contribution >= 4 is 28.9 Å². The Bertz CT molecular complexity index is 792. The first-order valence-corrected chi connectivity index (χ1v) is 9.10. The average molecular weight is 371 g/mol. The van der Waals surface area contributed by atoms with E-state index in [0.29, 0.717) is 23.8 Å². The van der Waals surface area contributed by atoms with Crippen molar-refractivity contribution in [1.29, 1.82) is 0 Å². The second-order valence-corrected chi connectivity index (χ2v) is 7.29. The van der Waals surface area contributed by atoms with E-state index in [-0.39, 0.29) is 11.0 Å². The second-order valence-electron chi connectivity index (χ2n) is 6.88. The number of aryl methyl sites for hydroxylation is 3. The number of ether oxygens (including phenoxy) is 1. The molecule has 5 heteroatoms. The van der Waals surface area contributed by atoms with Crippen LogP contribution in [0.5, 0.6) is 5.75 Å². The molecule has 0 atom stereocenters. The zero-order valence-electron chi connectivity index (χ0n) is 16.0. The maximum atomic E-state index is 12.6. The van der Waals surface area contributed by atoms with E-state index in [1.165, 1.54) is 5.56 Å². The maximum Gasteiger partial charge on any atom is 0.261 e. The molecule has 0 heterocycles. The minimum absolute atomic E-state index is 0.267. The first-order valence-electron chi connectivity index (χ1n) is 8.70. The van der Waals surface area contributed by atoms with Crippen molar-refractivity contribution in [2.75, 3.05) is 11.9 Å². The second kappa shape index (κ2) is 8.81. The molecule has 4 nitrogen and oxygen atoms in total. The average Bonchev–Trinajstić information content (AvgIpc) is 2.56. The number of carbonyl (C=O) groups is 1. The summed E-state index contributed by atoms with van der Waals surface area (Å²) in [6.07, 6.45) is 0. The van der Waals surface area contributed by atoms with Gasteiger partial charge in [-0.3, -0.25) is 10.1 Å². The van der Waals surface area contributed by atoms with E-state index < -0.39 is 0 Å². The minimum Gasteiger partial charge on any atom is -0.492 e. The van der Waals surface area contributed by atoms with Crippen molar-refractivity contribution in [2.24, 2.45) is 5.92 Å². The lowest BCUT2D eigenvalue weighted by Crippen LogP contribution is -2.34. The van der Waals surface area contributed by atoms with E-state index in [1.807, 2.05) is 26.0 Å². The van der Waals surface area contributed by atoms with Crippen molar-refractivity contribution in [1.82, 2.24) is 5.32 Å². The fourth-order valence-electron chi connectivity index (χ4n) is 2.73. The number of nitrogens with one attached hydrogen (secondary N) is 2. The summed E-state index contributed by atoms with van der Waals surface area (Å²) < 4.78 is 5.75. The number of anilines is 1. The van der Waals surface area contributed by atoms with Crippen molar-refractivity contribution in [3.63, 3.8) is 0 Å². The highest BCUT2D eigenvalue weighted by Crippen LogP contribution is 2.22. The molecule has 2 aromatic carbocycles. The summed E-state index contributed by atoms with van der Waals surface area (Å²) in [4.78, 5) is 12.6. The van der Waals surface area contributed by atoms with Crippen LogP contribution in [0.15, 0.2) is 36.4 Å². The van der Waals surface area contributed by atoms with Gasteiger partial charge in [0.05, 0.1) is 12.2 Å². The van der Waals surface area contributed by atoms with E-state index in [4.69, 9.17) is 17.0 Å². The summed E-state index contributed by atoms with van der Waals surface area (Å²) in [5.74, 6) is 0.648. The van der Waals surface area contributed by atoms with Crippen LogP contribution in [0, 0.1) is 26.7 Å². The number of benzene rings is 2. The molecule has 26 heavy (non-hydrogen) atoms. The molecular weight excluding hydrogens is 344 g/mol. The van der Waals surface area contributed by atoms with Gasteiger partial charge in [0.25, 0.3) is 5.91 Å². The molecule has 0 aliphatic heterocycles. The van der Waals surface area contributed by atoms with E-state index in [2.05, 4.69) is 43.5 Å². The van der Waals surface area contributed by atoms with Gasteiger partial charge in [0.1, 0.15) is 5.75 Å². The largest absolute Gasteiger partial charge is 0.492 e. The standard InChI is InChI=1S/C21H26N2O2S/c1-13(2)12-25-18-9-7-6-8-17(18)20(24)23-21(26)22-19-15(4)10-14(3)11-16(19)5/h6-11,13H,12H2,1-5H3,(H2,22,23,24,26). The smallest absolute Gasteiger partial charge is 0.261 e. The first kappa shape index (κ1) is 19.9. The number of carbonyl (C=O) groups excluding carboxylic acids is 1. The molecule has 0 spiro atoms. The quantitative estimate of drug-likeness (QED) is 0.744. The molecule has 0 aliphatic carbocycles. The van der Waals surface area contributed by atoms with Crippen LogP contribution in [-0.4, -0.2) is 17.6 Å². The lowest BCUT2D eigenvalue weighted by atomic mass is 10.1. The Kier molecular flexibility index (Phi) is 6.75. The van der Waals surface area contributed by atoms with Gasteiger partial charge in [0.15, 0.2) is 5.11 Å². The Balaban J connectivity index is 2.10. The van der Waals surface area contributed by atoms with Gasteiger partial charge in [-0.25, -0.2) is 0 Å². The van der Waals surface area contributed by atoms with Crippen molar-refractivity contribution in [3.8, 4) is 5.75 Å². The summed E-state index contributed by atoms with van der Waals surface area (Å²) >= 11 is 5.33. The Morgan fingerprint density at radius 1 is 1.12 bits per heavy atom. The molecule has 0 bridgehead atoms. The molecule has 0 unspecified atom stereocenters. The highest BCUT2D eigenvalue weighted by Gasteiger charge is 2.15. The fourth-order valence-corrected chi connectivity index (χ4v) is 2.92. The Hall–Kier alpha value is -2.40. The van der Waals surface area contributed by atoms with Crippen LogP contribution < -0.4 is 15.4 Å². The number of hydrogen-bond donors (Lipinski definition) is 2. The normalized spacial score (nSPS) is 10.5. The van der Waals surface area contributed by atoms with Gasteiger partial charge >= 0.3 is 0 Å². The first-order chi connectivity index (χ1) is 12.3. The van der Waals surface area contributed by atoms with Gasteiger partial charge < -0.3 is 10.1 Å². The van der Waals surface area contributed by atoms with Gasteiger partial charge in [0, 0.05) is 5.69 Å². The van der Waals surface area contributed by atoms with Crippen molar-refractivity contribution < 1.29 is 9.53 Å². The third-order valence-corrected chi connectivity index (χ3v) is 4.05. The van der Waals surface area contributed by atoms with Gasteiger partial charge in [-0.1, -0.05) is 43.7 Å². The molecular formula is C21H26N2O2S. The summed E-state index contributed by atoms with van der Waals surface area (Å²) in [6.45, 7) is 10.8. The van der Waals surface area contributed by atoms with Crippen LogP contribution >= 0.6 is 12.2 Å². The molecule has 0 aromatic heterocycles. The minimum atomic E-state index is -0.288. The fraction of sp³-hybridized carbons (Fsp3) is 0.333. The number of amides is 1. The molecule has 138 valence electrons. The van der Waals surface area contributed by atoms with Gasteiger partial charge in [-0.15, -0.1) is 0 Å². The van der Waals surface area contributed by atoms with Crippen LogP contribution in [0.1, 0.15) is 40.9 Å². The summed E-state index contributed by atoms with van der Waals surface area (Å²) in [6, 6.07) is 11.3. The predicted molar refractivity (Wildman–Crippen MR) is 111 cm³/mol. The molecule has 0 fully saturated rings. The Morgan fingerprint density at radius 2 is 1.73 bits per heavy atom. The third-order valence-electron chi connectivity index (χ3n) is 3.85. The highest BCUT2D eigenvalue weighted by molar-refractivity contribution is 7.80. The van der Waals surface area contributed by atoms with E-state index in [0.717, 1.165) is 16.8 Å². The molecule has 1 amide bonds. The Morgan fingerprint density at radius 3 is 2.35 bits per heavy atom. The zero-order valence-corrected chi connectivity index (χ0v) is 16.8. The van der Waals surface area contributed by atoms with E-state index in [1.54, 1.807) is 12.1 Å². The van der Waals surface area contributed by atoms with Gasteiger partial charge in [-0.2, -0.15) is 0 Å². The molecule has 2 aromatic rings. The number of hydrogen-bond acceptors (Lipinski definition) is 3. The number of thiocarbonyl (C=S) groups is 1. The van der Waals surface area contributed by atoms with Gasteiger partial charge in [0.2, 0.25) is 0 Å². The highest BCUT2D eigenvalue weighted by atomic mass is 32.1. The molecule has 2 N–H and O–H groups in total. The van der Waals surface area contributed by atoms with Crippen LogP contribution in [0.25, 0.3) is 0 Å². The topological polar surface area (TPSA) is 50.4 Å². The number of para-hydroxylation sites is 1. The lowest BCUT2D eigenvalue weighted by molar-refractivity contribution is 0.0973. The number of rotatable bonds is 5. The summed E-state index contributed by atoms with van der Waals surface area (Å²) in [5, 5.41) is 6.15. The SMILES string of the molecule is Cc1cc(C)c(NC(=S)NC(=O)c2ccccc2OCC(C)C)c(C)c1. The molecule has 0 saturated heterocycles. The van der Waals surface area contributed by atoms with Crippen LogP contribution in [0.3, 0.4) is 0 Å².